The third-order valence-electron chi connectivity index (χ3n) is 4.15. The van der Waals surface area contributed by atoms with E-state index in [1.165, 1.54) is 16.4 Å². The molecule has 0 amide bonds. The Balaban J connectivity index is 1.69. The smallest absolute Gasteiger partial charge is 0.316 e. The molecule has 1 aliphatic heterocycles. The Morgan fingerprint density at radius 3 is 2.77 bits per heavy atom. The fraction of sp³-hybridized carbons (Fsp3) is 0.353. The average molecular weight is 437 g/mol. The van der Waals surface area contributed by atoms with E-state index in [2.05, 4.69) is 25.9 Å². The molecule has 1 aromatic carbocycles. The van der Waals surface area contributed by atoms with E-state index in [1.807, 2.05) is 6.07 Å². The number of sulfonamides is 1. The Morgan fingerprint density at radius 1 is 1.31 bits per heavy atom. The number of rotatable bonds is 5. The standard InChI is InChI=1S/C17H17BrN4O3S/c18-15-9-20-17(21-10-15)25-12-13-4-3-7-22(11-13)26(23,24)16-6-2-1-5-14(16)8-19/h1-2,5-6,9-10,13H,3-4,7,11-12H2. The highest BCUT2D eigenvalue weighted by molar-refractivity contribution is 9.10. The van der Waals surface area contributed by atoms with Crippen LogP contribution in [0.15, 0.2) is 46.0 Å². The van der Waals surface area contributed by atoms with Crippen LogP contribution in [0.1, 0.15) is 18.4 Å². The third kappa shape index (κ3) is 4.20. The first kappa shape index (κ1) is 18.8. The number of piperidine rings is 1. The van der Waals surface area contributed by atoms with E-state index in [0.717, 1.165) is 17.3 Å². The lowest BCUT2D eigenvalue weighted by Crippen LogP contribution is -2.41. The van der Waals surface area contributed by atoms with Crippen molar-refractivity contribution in [3.63, 3.8) is 0 Å². The van der Waals surface area contributed by atoms with Crippen LogP contribution in [0.4, 0.5) is 0 Å². The van der Waals surface area contributed by atoms with Crippen molar-refractivity contribution in [3.8, 4) is 12.1 Å². The summed E-state index contributed by atoms with van der Waals surface area (Å²) < 4.78 is 33.6. The molecule has 0 radical (unpaired) electrons. The predicted molar refractivity (Wildman–Crippen MR) is 97.9 cm³/mol. The Morgan fingerprint density at radius 2 is 2.04 bits per heavy atom. The average Bonchev–Trinajstić information content (AvgIpc) is 2.67. The Labute approximate surface area is 160 Å². The van der Waals surface area contributed by atoms with E-state index in [1.54, 1.807) is 24.5 Å². The molecular formula is C17H17BrN4O3S. The second-order valence-corrected chi connectivity index (χ2v) is 8.80. The van der Waals surface area contributed by atoms with Crippen LogP contribution in [0.3, 0.4) is 0 Å². The molecule has 9 heteroatoms. The van der Waals surface area contributed by atoms with Crippen molar-refractivity contribution in [2.45, 2.75) is 17.7 Å². The van der Waals surface area contributed by atoms with Gasteiger partial charge < -0.3 is 4.74 Å². The van der Waals surface area contributed by atoms with Crippen molar-refractivity contribution in [2.24, 2.45) is 5.92 Å². The zero-order valence-corrected chi connectivity index (χ0v) is 16.3. The van der Waals surface area contributed by atoms with Gasteiger partial charge in [0.25, 0.3) is 0 Å². The zero-order valence-electron chi connectivity index (χ0n) is 13.9. The molecule has 26 heavy (non-hydrogen) atoms. The number of benzene rings is 1. The SMILES string of the molecule is N#Cc1ccccc1S(=O)(=O)N1CCCC(COc2ncc(Br)cn2)C1. The van der Waals surface area contributed by atoms with Crippen LogP contribution < -0.4 is 4.74 Å². The molecule has 1 unspecified atom stereocenters. The highest BCUT2D eigenvalue weighted by atomic mass is 79.9. The van der Waals surface area contributed by atoms with Crippen LogP contribution in [0.5, 0.6) is 6.01 Å². The molecule has 1 fully saturated rings. The highest BCUT2D eigenvalue weighted by Crippen LogP contribution is 2.26. The van der Waals surface area contributed by atoms with E-state index >= 15 is 0 Å². The molecule has 0 saturated carbocycles. The molecule has 1 saturated heterocycles. The second kappa shape index (κ2) is 8.12. The van der Waals surface area contributed by atoms with Gasteiger partial charge in [-0.05, 0) is 40.9 Å². The lowest BCUT2D eigenvalue weighted by atomic mass is 10.0. The Kier molecular flexibility index (Phi) is 5.86. The van der Waals surface area contributed by atoms with E-state index in [0.29, 0.717) is 19.7 Å². The number of nitriles is 1. The van der Waals surface area contributed by atoms with Crippen LogP contribution in [-0.4, -0.2) is 42.4 Å². The molecule has 1 aromatic heterocycles. The molecule has 1 atom stereocenters. The summed E-state index contributed by atoms with van der Waals surface area (Å²) >= 11 is 3.26. The van der Waals surface area contributed by atoms with Gasteiger partial charge in [0, 0.05) is 31.4 Å². The second-order valence-electron chi connectivity index (χ2n) is 5.97. The third-order valence-corrected chi connectivity index (χ3v) is 6.48. The molecule has 1 aliphatic rings. The van der Waals surface area contributed by atoms with Crippen molar-refractivity contribution in [1.82, 2.24) is 14.3 Å². The minimum Gasteiger partial charge on any atom is -0.463 e. The van der Waals surface area contributed by atoms with Crippen LogP contribution in [0.2, 0.25) is 0 Å². The first-order chi connectivity index (χ1) is 12.5. The molecule has 0 N–H and O–H groups in total. The zero-order chi connectivity index (χ0) is 18.6. The summed E-state index contributed by atoms with van der Waals surface area (Å²) in [7, 11) is -3.71. The van der Waals surface area contributed by atoms with Crippen molar-refractivity contribution < 1.29 is 13.2 Å². The van der Waals surface area contributed by atoms with Gasteiger partial charge in [0.1, 0.15) is 6.07 Å². The summed E-state index contributed by atoms with van der Waals surface area (Å²) in [4.78, 5) is 8.16. The highest BCUT2D eigenvalue weighted by Gasteiger charge is 2.32. The summed E-state index contributed by atoms with van der Waals surface area (Å²) in [5.41, 5.74) is 0.161. The molecule has 0 bridgehead atoms. The van der Waals surface area contributed by atoms with Gasteiger partial charge in [-0.3, -0.25) is 0 Å². The summed E-state index contributed by atoms with van der Waals surface area (Å²) in [5, 5.41) is 9.19. The minimum atomic E-state index is -3.71. The van der Waals surface area contributed by atoms with Crippen molar-refractivity contribution >= 4 is 26.0 Å². The fourth-order valence-electron chi connectivity index (χ4n) is 2.87. The van der Waals surface area contributed by atoms with Crippen molar-refractivity contribution in [1.29, 1.82) is 5.26 Å². The van der Waals surface area contributed by atoms with Crippen molar-refractivity contribution in [2.75, 3.05) is 19.7 Å². The molecule has 0 spiro atoms. The van der Waals surface area contributed by atoms with Gasteiger partial charge in [0.2, 0.25) is 10.0 Å². The monoisotopic (exact) mass is 436 g/mol. The van der Waals surface area contributed by atoms with Gasteiger partial charge in [0.15, 0.2) is 0 Å². The largest absolute Gasteiger partial charge is 0.463 e. The Bertz CT molecular complexity index is 912. The van der Waals surface area contributed by atoms with E-state index in [4.69, 9.17) is 4.74 Å². The quantitative estimate of drug-likeness (QED) is 0.714. The number of hydrogen-bond acceptors (Lipinski definition) is 6. The number of ether oxygens (including phenoxy) is 1. The maximum atomic E-state index is 12.9. The fourth-order valence-corrected chi connectivity index (χ4v) is 4.77. The summed E-state index contributed by atoms with van der Waals surface area (Å²) in [6.45, 7) is 1.12. The first-order valence-electron chi connectivity index (χ1n) is 8.10. The maximum absolute atomic E-state index is 12.9. The van der Waals surface area contributed by atoms with Gasteiger partial charge in [-0.15, -0.1) is 0 Å². The Hall–Kier alpha value is -2.02. The van der Waals surface area contributed by atoms with Crippen LogP contribution in [-0.2, 0) is 10.0 Å². The number of aromatic nitrogens is 2. The summed E-state index contributed by atoms with van der Waals surface area (Å²) in [6, 6.07) is 8.49. The maximum Gasteiger partial charge on any atom is 0.316 e. The lowest BCUT2D eigenvalue weighted by Gasteiger charge is -2.31. The van der Waals surface area contributed by atoms with E-state index in [9.17, 15) is 13.7 Å². The molecule has 3 rings (SSSR count). The number of nitrogens with zero attached hydrogens (tertiary/aromatic N) is 4. The number of halogens is 1. The molecule has 136 valence electrons. The summed E-state index contributed by atoms with van der Waals surface area (Å²) in [6.07, 6.45) is 4.79. The van der Waals surface area contributed by atoms with Gasteiger partial charge in [-0.25, -0.2) is 18.4 Å². The number of hydrogen-bond donors (Lipinski definition) is 0. The summed E-state index contributed by atoms with van der Waals surface area (Å²) in [5.74, 6) is 0.0417. The van der Waals surface area contributed by atoms with Crippen molar-refractivity contribution in [3.05, 3.63) is 46.7 Å². The van der Waals surface area contributed by atoms with Crippen LogP contribution >= 0.6 is 15.9 Å². The molecule has 7 nitrogen and oxygen atoms in total. The molecular weight excluding hydrogens is 420 g/mol. The van der Waals surface area contributed by atoms with E-state index in [-0.39, 0.29) is 22.4 Å². The predicted octanol–water partition coefficient (Wildman–Crippen LogP) is 2.59. The normalized spacial score (nSPS) is 18.2. The van der Waals surface area contributed by atoms with Crippen LogP contribution in [0.25, 0.3) is 0 Å². The van der Waals surface area contributed by atoms with Crippen LogP contribution in [0, 0.1) is 17.2 Å². The molecule has 0 aliphatic carbocycles. The molecule has 2 heterocycles. The first-order valence-corrected chi connectivity index (χ1v) is 10.3. The van der Waals surface area contributed by atoms with Gasteiger partial charge in [0.05, 0.1) is 21.5 Å². The van der Waals surface area contributed by atoms with Gasteiger partial charge in [-0.2, -0.15) is 9.57 Å². The van der Waals surface area contributed by atoms with E-state index < -0.39 is 10.0 Å². The van der Waals surface area contributed by atoms with Gasteiger partial charge in [-0.1, -0.05) is 12.1 Å². The molecule has 2 aromatic rings. The minimum absolute atomic E-state index is 0.0417. The lowest BCUT2D eigenvalue weighted by molar-refractivity contribution is 0.171. The van der Waals surface area contributed by atoms with Gasteiger partial charge >= 0.3 is 6.01 Å². The topological polar surface area (TPSA) is 96.2 Å².